The minimum Gasteiger partial charge on any atom is -0.485 e. The number of Topliss-reactive ketones (excluding diaryl/α,β-unsaturated/α-hetero) is 1. The van der Waals surface area contributed by atoms with Gasteiger partial charge < -0.3 is 4.74 Å². The Balaban J connectivity index is 2.19. The summed E-state index contributed by atoms with van der Waals surface area (Å²) in [5.74, 6) is 1.25. The van der Waals surface area contributed by atoms with Crippen molar-refractivity contribution in [3.63, 3.8) is 0 Å². The van der Waals surface area contributed by atoms with Gasteiger partial charge in [-0.1, -0.05) is 15.9 Å². The van der Waals surface area contributed by atoms with Crippen molar-refractivity contribution in [3.8, 4) is 5.75 Å². The average Bonchev–Trinajstić information content (AvgIpc) is 2.85. The fraction of sp³-hybridized carbons (Fsp3) is 0.357. The Hall–Kier alpha value is -1.69. The highest BCUT2D eigenvalue weighted by atomic mass is 79.9. The first-order chi connectivity index (χ1) is 9.49. The van der Waals surface area contributed by atoms with Crippen LogP contribution in [0, 0.1) is 0 Å². The number of carbonyl (C=O) groups excluding carboxylic acids is 1. The van der Waals surface area contributed by atoms with Crippen molar-refractivity contribution in [2.24, 2.45) is 0 Å². The predicted molar refractivity (Wildman–Crippen MR) is 78.9 cm³/mol. The molecule has 0 N–H and O–H groups in total. The molecule has 0 saturated heterocycles. The fourth-order valence-corrected chi connectivity index (χ4v) is 2.22. The third-order valence-electron chi connectivity index (χ3n) is 2.81. The van der Waals surface area contributed by atoms with E-state index in [9.17, 15) is 4.79 Å². The zero-order chi connectivity index (χ0) is 14.7. The second-order valence-electron chi connectivity index (χ2n) is 4.70. The van der Waals surface area contributed by atoms with Gasteiger partial charge in [0, 0.05) is 10.5 Å². The summed E-state index contributed by atoms with van der Waals surface area (Å²) in [6, 6.07) is 5.59. The minimum absolute atomic E-state index is 0.0355. The van der Waals surface area contributed by atoms with E-state index in [1.807, 2.05) is 19.9 Å². The molecule has 106 valence electrons. The molecular weight excluding hydrogens is 322 g/mol. The van der Waals surface area contributed by atoms with E-state index in [2.05, 4.69) is 26.0 Å². The molecule has 1 aromatic carbocycles. The molecule has 0 aliphatic rings. The lowest BCUT2D eigenvalue weighted by molar-refractivity contribution is 0.101. The number of aromatic nitrogens is 3. The van der Waals surface area contributed by atoms with Crippen molar-refractivity contribution in [2.45, 2.75) is 33.4 Å². The molecule has 2 rings (SSSR count). The van der Waals surface area contributed by atoms with Crippen molar-refractivity contribution in [2.75, 3.05) is 0 Å². The monoisotopic (exact) mass is 337 g/mol. The molecule has 0 saturated carbocycles. The van der Waals surface area contributed by atoms with Gasteiger partial charge in [0.1, 0.15) is 18.7 Å². The molecule has 0 aliphatic carbocycles. The molecule has 1 heterocycles. The molecule has 0 fully saturated rings. The number of halogens is 1. The highest BCUT2D eigenvalue weighted by molar-refractivity contribution is 9.10. The second kappa shape index (κ2) is 6.17. The maximum Gasteiger partial charge on any atom is 0.165 e. The van der Waals surface area contributed by atoms with E-state index in [1.165, 1.54) is 13.3 Å². The van der Waals surface area contributed by atoms with Crippen molar-refractivity contribution in [1.29, 1.82) is 0 Å². The Labute approximate surface area is 126 Å². The van der Waals surface area contributed by atoms with Gasteiger partial charge in [0.2, 0.25) is 0 Å². The van der Waals surface area contributed by atoms with E-state index >= 15 is 0 Å². The molecule has 0 amide bonds. The van der Waals surface area contributed by atoms with Crippen molar-refractivity contribution >= 4 is 21.7 Å². The highest BCUT2D eigenvalue weighted by Gasteiger charge is 2.12. The summed E-state index contributed by atoms with van der Waals surface area (Å²) in [4.78, 5) is 15.8. The van der Waals surface area contributed by atoms with Crippen LogP contribution in [0.4, 0.5) is 0 Å². The third kappa shape index (κ3) is 3.25. The van der Waals surface area contributed by atoms with Crippen LogP contribution in [0.1, 0.15) is 43.0 Å². The number of benzene rings is 1. The van der Waals surface area contributed by atoms with E-state index in [1.54, 1.807) is 16.8 Å². The molecule has 20 heavy (non-hydrogen) atoms. The van der Waals surface area contributed by atoms with Gasteiger partial charge in [-0.05, 0) is 39.0 Å². The highest BCUT2D eigenvalue weighted by Crippen LogP contribution is 2.24. The van der Waals surface area contributed by atoms with Gasteiger partial charge in [-0.25, -0.2) is 9.67 Å². The van der Waals surface area contributed by atoms with Gasteiger partial charge in [-0.2, -0.15) is 5.10 Å². The van der Waals surface area contributed by atoms with Crippen molar-refractivity contribution in [3.05, 3.63) is 40.4 Å². The molecule has 5 nitrogen and oxygen atoms in total. The van der Waals surface area contributed by atoms with Gasteiger partial charge in [-0.3, -0.25) is 4.79 Å². The first kappa shape index (κ1) is 14.7. The Morgan fingerprint density at radius 3 is 2.85 bits per heavy atom. The van der Waals surface area contributed by atoms with E-state index in [0.29, 0.717) is 11.3 Å². The first-order valence-corrected chi connectivity index (χ1v) is 7.10. The second-order valence-corrected chi connectivity index (χ2v) is 5.62. The van der Waals surface area contributed by atoms with Crippen LogP contribution in [0.5, 0.6) is 5.75 Å². The molecule has 0 bridgehead atoms. The SMILES string of the molecule is CC(=O)c1cc(Br)ccc1OCc1ncnn1C(C)C. The molecule has 1 aromatic heterocycles. The van der Waals surface area contributed by atoms with Crippen LogP contribution in [-0.4, -0.2) is 20.5 Å². The Bertz CT molecular complexity index is 623. The van der Waals surface area contributed by atoms with Crippen LogP contribution in [0.2, 0.25) is 0 Å². The summed E-state index contributed by atoms with van der Waals surface area (Å²) in [7, 11) is 0. The van der Waals surface area contributed by atoms with E-state index in [4.69, 9.17) is 4.74 Å². The smallest absolute Gasteiger partial charge is 0.165 e. The lowest BCUT2D eigenvalue weighted by atomic mass is 10.1. The summed E-state index contributed by atoms with van der Waals surface area (Å²) >= 11 is 3.35. The molecule has 0 radical (unpaired) electrons. The lowest BCUT2D eigenvalue weighted by Gasteiger charge is -2.12. The van der Waals surface area contributed by atoms with Crippen LogP contribution in [0.25, 0.3) is 0 Å². The van der Waals surface area contributed by atoms with E-state index in [0.717, 1.165) is 10.3 Å². The van der Waals surface area contributed by atoms with E-state index in [-0.39, 0.29) is 18.4 Å². The van der Waals surface area contributed by atoms with Gasteiger partial charge in [0.05, 0.1) is 5.56 Å². The lowest BCUT2D eigenvalue weighted by Crippen LogP contribution is -2.11. The molecule has 2 aromatic rings. The van der Waals surface area contributed by atoms with Crippen LogP contribution in [-0.2, 0) is 6.61 Å². The fourth-order valence-electron chi connectivity index (χ4n) is 1.85. The molecule has 0 aliphatic heterocycles. The maximum absolute atomic E-state index is 11.6. The minimum atomic E-state index is -0.0355. The zero-order valence-electron chi connectivity index (χ0n) is 11.6. The molecule has 6 heteroatoms. The Kier molecular flexibility index (Phi) is 4.54. The van der Waals surface area contributed by atoms with Crippen molar-refractivity contribution in [1.82, 2.24) is 14.8 Å². The number of nitrogens with zero attached hydrogens (tertiary/aromatic N) is 3. The van der Waals surface area contributed by atoms with Gasteiger partial charge in [0.15, 0.2) is 11.6 Å². The molecular formula is C14H16BrN3O2. The largest absolute Gasteiger partial charge is 0.485 e. The third-order valence-corrected chi connectivity index (χ3v) is 3.31. The van der Waals surface area contributed by atoms with Crippen LogP contribution in [0.15, 0.2) is 29.0 Å². The molecule has 0 spiro atoms. The standard InChI is InChI=1S/C14H16BrN3O2/c1-9(2)18-14(16-8-17-18)7-20-13-5-4-11(15)6-12(13)10(3)19/h4-6,8-9H,7H2,1-3H3. The van der Waals surface area contributed by atoms with Crippen LogP contribution in [0.3, 0.4) is 0 Å². The summed E-state index contributed by atoms with van der Waals surface area (Å²) in [6.45, 7) is 5.85. The van der Waals surface area contributed by atoms with Gasteiger partial charge in [-0.15, -0.1) is 0 Å². The Morgan fingerprint density at radius 1 is 1.45 bits per heavy atom. The number of hydrogen-bond acceptors (Lipinski definition) is 4. The van der Waals surface area contributed by atoms with Gasteiger partial charge >= 0.3 is 0 Å². The molecule has 0 atom stereocenters. The average molecular weight is 338 g/mol. The maximum atomic E-state index is 11.6. The number of ether oxygens (including phenoxy) is 1. The number of rotatable bonds is 5. The van der Waals surface area contributed by atoms with E-state index < -0.39 is 0 Å². The topological polar surface area (TPSA) is 57.0 Å². The zero-order valence-corrected chi connectivity index (χ0v) is 13.2. The van der Waals surface area contributed by atoms with Crippen LogP contribution < -0.4 is 4.74 Å². The summed E-state index contributed by atoms with van der Waals surface area (Å²) in [5, 5.41) is 4.15. The number of hydrogen-bond donors (Lipinski definition) is 0. The Morgan fingerprint density at radius 2 is 2.20 bits per heavy atom. The first-order valence-electron chi connectivity index (χ1n) is 6.30. The normalized spacial score (nSPS) is 10.8. The summed E-state index contributed by atoms with van der Waals surface area (Å²) < 4.78 is 8.37. The molecule has 0 unspecified atom stereocenters. The number of carbonyl (C=O) groups is 1. The van der Waals surface area contributed by atoms with Crippen molar-refractivity contribution < 1.29 is 9.53 Å². The van der Waals surface area contributed by atoms with Crippen LogP contribution >= 0.6 is 15.9 Å². The quantitative estimate of drug-likeness (QED) is 0.784. The number of ketones is 1. The van der Waals surface area contributed by atoms with Gasteiger partial charge in [0.25, 0.3) is 0 Å². The summed E-state index contributed by atoms with van der Waals surface area (Å²) in [5.41, 5.74) is 0.551. The summed E-state index contributed by atoms with van der Waals surface area (Å²) in [6.07, 6.45) is 1.51. The predicted octanol–water partition coefficient (Wildman–Crippen LogP) is 3.40.